The minimum absolute atomic E-state index is 0.0130. The van der Waals surface area contributed by atoms with Crippen LogP contribution >= 0.6 is 15.9 Å². The molecule has 5 heteroatoms. The minimum atomic E-state index is -0.535. The van der Waals surface area contributed by atoms with Gasteiger partial charge < -0.3 is 10.2 Å². The molecule has 0 spiro atoms. The maximum Gasteiger partial charge on any atom is 0.243 e. The Morgan fingerprint density at radius 1 is 1.00 bits per heavy atom. The predicted octanol–water partition coefficient (Wildman–Crippen LogP) is 5.11. The van der Waals surface area contributed by atoms with Gasteiger partial charge in [-0.1, -0.05) is 78.7 Å². The standard InChI is InChI=1S/C24H31BrN2O2/c1-3-5-15-26-24(29)22(17-19-11-7-6-8-12-19)27(23(28)10-4-2)18-20-13-9-14-21(25)16-20/h6-9,11-14,16,22H,3-5,10,15,17-18H2,1-2H3,(H,26,29)/t22-/m0/s1. The summed E-state index contributed by atoms with van der Waals surface area (Å²) in [6, 6.07) is 17.3. The lowest BCUT2D eigenvalue weighted by Crippen LogP contribution is -2.50. The molecule has 2 rings (SSSR count). The summed E-state index contributed by atoms with van der Waals surface area (Å²) in [5.41, 5.74) is 2.05. The van der Waals surface area contributed by atoms with Crippen LogP contribution in [-0.4, -0.2) is 29.3 Å². The van der Waals surface area contributed by atoms with Crippen molar-refractivity contribution in [2.24, 2.45) is 0 Å². The van der Waals surface area contributed by atoms with Crippen LogP contribution in [0.25, 0.3) is 0 Å². The molecule has 0 aromatic heterocycles. The average molecular weight is 459 g/mol. The molecule has 1 N–H and O–H groups in total. The van der Waals surface area contributed by atoms with Gasteiger partial charge in [0.2, 0.25) is 11.8 Å². The molecule has 0 radical (unpaired) electrons. The molecular weight excluding hydrogens is 428 g/mol. The van der Waals surface area contributed by atoms with Gasteiger partial charge in [0.15, 0.2) is 0 Å². The number of hydrogen-bond donors (Lipinski definition) is 1. The molecule has 0 bridgehead atoms. The number of amides is 2. The predicted molar refractivity (Wildman–Crippen MR) is 121 cm³/mol. The van der Waals surface area contributed by atoms with Crippen LogP contribution in [0.2, 0.25) is 0 Å². The Labute approximate surface area is 182 Å². The van der Waals surface area contributed by atoms with Gasteiger partial charge in [0.1, 0.15) is 6.04 Å². The summed E-state index contributed by atoms with van der Waals surface area (Å²) in [7, 11) is 0. The van der Waals surface area contributed by atoms with Crippen LogP contribution in [0.5, 0.6) is 0 Å². The number of hydrogen-bond acceptors (Lipinski definition) is 2. The van der Waals surface area contributed by atoms with Crippen molar-refractivity contribution in [1.82, 2.24) is 10.2 Å². The quantitative estimate of drug-likeness (QED) is 0.475. The molecule has 4 nitrogen and oxygen atoms in total. The molecule has 0 fully saturated rings. The van der Waals surface area contributed by atoms with Crippen molar-refractivity contribution in [3.05, 3.63) is 70.2 Å². The highest BCUT2D eigenvalue weighted by molar-refractivity contribution is 9.10. The van der Waals surface area contributed by atoms with Crippen molar-refractivity contribution in [1.29, 1.82) is 0 Å². The van der Waals surface area contributed by atoms with Crippen LogP contribution in [-0.2, 0) is 22.6 Å². The zero-order valence-corrected chi connectivity index (χ0v) is 19.0. The molecule has 29 heavy (non-hydrogen) atoms. The molecular formula is C24H31BrN2O2. The Bertz CT molecular complexity index is 779. The molecule has 2 aromatic rings. The summed E-state index contributed by atoms with van der Waals surface area (Å²) in [4.78, 5) is 27.9. The Hall–Kier alpha value is -2.14. The number of carbonyl (C=O) groups excluding carboxylic acids is 2. The Balaban J connectivity index is 2.32. The molecule has 0 aliphatic heterocycles. The zero-order valence-electron chi connectivity index (χ0n) is 17.4. The fourth-order valence-corrected chi connectivity index (χ4v) is 3.70. The molecule has 0 aliphatic rings. The first-order valence-electron chi connectivity index (χ1n) is 10.4. The van der Waals surface area contributed by atoms with Crippen LogP contribution in [0, 0.1) is 0 Å². The number of nitrogens with zero attached hydrogens (tertiary/aromatic N) is 1. The van der Waals surface area contributed by atoms with E-state index in [9.17, 15) is 9.59 Å². The second-order valence-corrected chi connectivity index (χ2v) is 8.17. The van der Waals surface area contributed by atoms with E-state index in [1.807, 2.05) is 61.5 Å². The summed E-state index contributed by atoms with van der Waals surface area (Å²) in [6.07, 6.45) is 3.63. The van der Waals surface area contributed by atoms with Crippen LogP contribution in [0.15, 0.2) is 59.1 Å². The highest BCUT2D eigenvalue weighted by Gasteiger charge is 2.29. The average Bonchev–Trinajstić information content (AvgIpc) is 2.71. The number of rotatable bonds is 11. The number of unbranched alkanes of at least 4 members (excludes halogenated alkanes) is 1. The first-order chi connectivity index (χ1) is 14.0. The number of benzene rings is 2. The third kappa shape index (κ3) is 7.65. The third-order valence-corrected chi connectivity index (χ3v) is 5.30. The molecule has 1 atom stereocenters. The van der Waals surface area contributed by atoms with Gasteiger partial charge in [0, 0.05) is 30.4 Å². The van der Waals surface area contributed by atoms with Crippen molar-refractivity contribution >= 4 is 27.7 Å². The first kappa shape index (κ1) is 23.1. The van der Waals surface area contributed by atoms with Crippen molar-refractivity contribution in [2.45, 2.75) is 58.5 Å². The van der Waals surface area contributed by atoms with Gasteiger partial charge in [-0.15, -0.1) is 0 Å². The van der Waals surface area contributed by atoms with Gasteiger partial charge in [-0.25, -0.2) is 0 Å². The molecule has 0 saturated carbocycles. The molecule has 2 amide bonds. The smallest absolute Gasteiger partial charge is 0.243 e. The van der Waals surface area contributed by atoms with E-state index in [4.69, 9.17) is 0 Å². The van der Waals surface area contributed by atoms with Crippen LogP contribution in [0.4, 0.5) is 0 Å². The lowest BCUT2D eigenvalue weighted by molar-refractivity contribution is -0.141. The van der Waals surface area contributed by atoms with E-state index in [-0.39, 0.29) is 11.8 Å². The van der Waals surface area contributed by atoms with E-state index < -0.39 is 6.04 Å². The van der Waals surface area contributed by atoms with Gasteiger partial charge in [0.25, 0.3) is 0 Å². The van der Waals surface area contributed by atoms with Crippen molar-refractivity contribution in [2.75, 3.05) is 6.54 Å². The molecule has 156 valence electrons. The van der Waals surface area contributed by atoms with E-state index in [0.717, 1.165) is 34.9 Å². The molecule has 0 unspecified atom stereocenters. The summed E-state index contributed by atoms with van der Waals surface area (Å²) in [6.45, 7) is 5.13. The fraction of sp³-hybridized carbons (Fsp3) is 0.417. The van der Waals surface area contributed by atoms with E-state index >= 15 is 0 Å². The van der Waals surface area contributed by atoms with E-state index in [2.05, 4.69) is 28.2 Å². The summed E-state index contributed by atoms with van der Waals surface area (Å²) in [5, 5.41) is 3.04. The Morgan fingerprint density at radius 3 is 2.38 bits per heavy atom. The Kier molecular flexibility index (Phi) is 9.92. The normalized spacial score (nSPS) is 11.7. The summed E-state index contributed by atoms with van der Waals surface area (Å²) in [5.74, 6) is -0.0687. The SMILES string of the molecule is CCCCNC(=O)[C@H](Cc1ccccc1)N(Cc1cccc(Br)c1)C(=O)CCC. The van der Waals surface area contributed by atoms with Crippen LogP contribution in [0.1, 0.15) is 50.7 Å². The van der Waals surface area contributed by atoms with Crippen molar-refractivity contribution in [3.63, 3.8) is 0 Å². The molecule has 0 heterocycles. The second kappa shape index (κ2) is 12.4. The van der Waals surface area contributed by atoms with Gasteiger partial charge in [0.05, 0.1) is 0 Å². The maximum absolute atomic E-state index is 13.1. The van der Waals surface area contributed by atoms with E-state index in [0.29, 0.717) is 25.9 Å². The van der Waals surface area contributed by atoms with Crippen molar-refractivity contribution < 1.29 is 9.59 Å². The van der Waals surface area contributed by atoms with Gasteiger partial charge in [-0.3, -0.25) is 9.59 Å². The lowest BCUT2D eigenvalue weighted by atomic mass is 10.0. The van der Waals surface area contributed by atoms with Crippen molar-refractivity contribution in [3.8, 4) is 0 Å². The molecule has 0 saturated heterocycles. The minimum Gasteiger partial charge on any atom is -0.354 e. The maximum atomic E-state index is 13.1. The highest BCUT2D eigenvalue weighted by atomic mass is 79.9. The number of halogens is 1. The fourth-order valence-electron chi connectivity index (χ4n) is 3.25. The van der Waals surface area contributed by atoms with Gasteiger partial charge in [-0.2, -0.15) is 0 Å². The largest absolute Gasteiger partial charge is 0.354 e. The first-order valence-corrected chi connectivity index (χ1v) is 11.2. The second-order valence-electron chi connectivity index (χ2n) is 7.25. The van der Waals surface area contributed by atoms with E-state index in [1.54, 1.807) is 4.90 Å². The zero-order chi connectivity index (χ0) is 21.1. The lowest BCUT2D eigenvalue weighted by Gasteiger charge is -2.31. The number of nitrogens with one attached hydrogen (secondary N) is 1. The summed E-state index contributed by atoms with van der Waals surface area (Å²) >= 11 is 3.50. The van der Waals surface area contributed by atoms with Crippen LogP contribution in [0.3, 0.4) is 0 Å². The Morgan fingerprint density at radius 2 is 1.72 bits per heavy atom. The van der Waals surface area contributed by atoms with E-state index in [1.165, 1.54) is 0 Å². The van der Waals surface area contributed by atoms with Gasteiger partial charge in [-0.05, 0) is 36.1 Å². The highest BCUT2D eigenvalue weighted by Crippen LogP contribution is 2.18. The van der Waals surface area contributed by atoms with Gasteiger partial charge >= 0.3 is 0 Å². The third-order valence-electron chi connectivity index (χ3n) is 4.81. The monoisotopic (exact) mass is 458 g/mol. The summed E-state index contributed by atoms with van der Waals surface area (Å²) < 4.78 is 0.963. The molecule has 0 aliphatic carbocycles. The van der Waals surface area contributed by atoms with Crippen LogP contribution < -0.4 is 5.32 Å². The molecule has 2 aromatic carbocycles. The topological polar surface area (TPSA) is 49.4 Å². The number of carbonyl (C=O) groups is 2.